The molecule has 2 amide bonds. The summed E-state index contributed by atoms with van der Waals surface area (Å²) in [7, 11) is 0. The van der Waals surface area contributed by atoms with Crippen LogP contribution in [0, 0.1) is 6.92 Å². The van der Waals surface area contributed by atoms with Gasteiger partial charge in [-0.3, -0.25) is 0 Å². The second-order valence-corrected chi connectivity index (χ2v) is 8.77. The smallest absolute Gasteiger partial charge is 0.317 e. The van der Waals surface area contributed by atoms with Gasteiger partial charge in [-0.15, -0.1) is 11.3 Å². The maximum absolute atomic E-state index is 12.4. The van der Waals surface area contributed by atoms with Gasteiger partial charge in [-0.25, -0.2) is 9.78 Å². The van der Waals surface area contributed by atoms with Gasteiger partial charge in [-0.2, -0.15) is 11.8 Å². The molecule has 3 heterocycles. The minimum Gasteiger partial charge on any atom is -0.367 e. The molecule has 2 aliphatic rings. The number of rotatable bonds is 3. The first-order chi connectivity index (χ1) is 10.6. The second-order valence-electron chi connectivity index (χ2n) is 6.19. The summed E-state index contributed by atoms with van der Waals surface area (Å²) in [5, 5.41) is 6.10. The van der Waals surface area contributed by atoms with E-state index in [1.54, 1.807) is 11.3 Å². The van der Waals surface area contributed by atoms with E-state index in [1.165, 1.54) is 18.6 Å². The lowest BCUT2D eigenvalue weighted by atomic mass is 10.1. The van der Waals surface area contributed by atoms with Crippen LogP contribution < -0.4 is 5.32 Å². The van der Waals surface area contributed by atoms with E-state index in [4.69, 9.17) is 4.74 Å². The number of nitrogens with zero attached hydrogens (tertiary/aromatic N) is 2. The van der Waals surface area contributed by atoms with Crippen molar-refractivity contribution in [1.29, 1.82) is 0 Å². The van der Waals surface area contributed by atoms with Crippen LogP contribution in [0.4, 0.5) is 4.79 Å². The average molecular weight is 342 g/mol. The summed E-state index contributed by atoms with van der Waals surface area (Å²) in [4.78, 5) is 18.7. The molecule has 7 heteroatoms. The zero-order chi connectivity index (χ0) is 15.6. The molecule has 0 aromatic carbocycles. The third-order valence-electron chi connectivity index (χ3n) is 4.18. The molecule has 1 aromatic rings. The summed E-state index contributed by atoms with van der Waals surface area (Å²) in [5.41, 5.74) is 1.01. The van der Waals surface area contributed by atoms with E-state index in [9.17, 15) is 4.79 Å². The lowest BCUT2D eigenvalue weighted by molar-refractivity contribution is -0.0156. The highest BCUT2D eigenvalue weighted by molar-refractivity contribution is 8.00. The summed E-state index contributed by atoms with van der Waals surface area (Å²) >= 11 is 3.57. The fourth-order valence-corrected chi connectivity index (χ4v) is 4.93. The summed E-state index contributed by atoms with van der Waals surface area (Å²) in [6.07, 6.45) is 2.34. The number of ether oxygens (including phenoxy) is 1. The number of thiazole rings is 1. The molecule has 1 aromatic heterocycles. The fraction of sp³-hybridized carbons (Fsp3) is 0.733. The van der Waals surface area contributed by atoms with Crippen LogP contribution in [0.5, 0.6) is 0 Å². The maximum atomic E-state index is 12.4. The number of carbonyl (C=O) groups is 1. The first-order valence-corrected chi connectivity index (χ1v) is 9.63. The van der Waals surface area contributed by atoms with Crippen molar-refractivity contribution in [2.75, 3.05) is 32.0 Å². The molecule has 22 heavy (non-hydrogen) atoms. The van der Waals surface area contributed by atoms with E-state index >= 15 is 0 Å². The van der Waals surface area contributed by atoms with Crippen LogP contribution >= 0.6 is 23.1 Å². The minimum atomic E-state index is -0.0883. The van der Waals surface area contributed by atoms with Gasteiger partial charge >= 0.3 is 6.03 Å². The molecule has 3 rings (SSSR count). The van der Waals surface area contributed by atoms with Crippen molar-refractivity contribution in [2.24, 2.45) is 0 Å². The van der Waals surface area contributed by atoms with Crippen molar-refractivity contribution in [1.82, 2.24) is 15.2 Å². The Morgan fingerprint density at radius 3 is 3.18 bits per heavy atom. The second kappa shape index (κ2) is 6.76. The molecule has 0 spiro atoms. The van der Waals surface area contributed by atoms with Crippen molar-refractivity contribution < 1.29 is 9.53 Å². The number of urea groups is 1. The summed E-state index contributed by atoms with van der Waals surface area (Å²) in [6, 6.07) is 0.0234. The van der Waals surface area contributed by atoms with E-state index in [0.29, 0.717) is 19.7 Å². The van der Waals surface area contributed by atoms with Gasteiger partial charge in [-0.05, 0) is 32.4 Å². The molecular weight excluding hydrogens is 318 g/mol. The predicted octanol–water partition coefficient (Wildman–Crippen LogP) is 2.82. The number of amides is 2. The third-order valence-corrected chi connectivity index (χ3v) is 6.77. The SMILES string of the molecule is Cc1csc([C@H]2CN(C(=O)NC[C@@]3(C)CCCS3)CCO2)n1. The first-order valence-electron chi connectivity index (χ1n) is 7.76. The Bertz CT molecular complexity index is 529. The minimum absolute atomic E-state index is 0.0234. The standard InChI is InChI=1S/C15H23N3O2S2/c1-11-9-21-13(17-11)12-8-18(5-6-20-12)14(19)16-10-15(2)4-3-7-22-15/h9,12H,3-8,10H2,1-2H3,(H,16,19)/t12-,15-/m1/s1. The van der Waals surface area contributed by atoms with Crippen LogP contribution in [-0.4, -0.2) is 52.7 Å². The Morgan fingerprint density at radius 1 is 1.64 bits per heavy atom. The van der Waals surface area contributed by atoms with E-state index < -0.39 is 0 Å². The number of carbonyl (C=O) groups excluding carboxylic acids is 1. The Balaban J connectivity index is 1.53. The highest BCUT2D eigenvalue weighted by Gasteiger charge is 2.32. The van der Waals surface area contributed by atoms with Crippen LogP contribution in [0.15, 0.2) is 5.38 Å². The zero-order valence-corrected chi connectivity index (χ0v) is 14.8. The van der Waals surface area contributed by atoms with Crippen LogP contribution in [0.25, 0.3) is 0 Å². The summed E-state index contributed by atoms with van der Waals surface area (Å²) in [5.74, 6) is 1.20. The number of hydrogen-bond acceptors (Lipinski definition) is 5. The molecule has 0 bridgehead atoms. The quantitative estimate of drug-likeness (QED) is 0.918. The molecular formula is C15H23N3O2S2. The molecule has 2 aliphatic heterocycles. The molecule has 2 atom stereocenters. The van der Waals surface area contributed by atoms with Crippen LogP contribution in [0.3, 0.4) is 0 Å². The van der Waals surface area contributed by atoms with E-state index in [-0.39, 0.29) is 16.9 Å². The number of nitrogens with one attached hydrogen (secondary N) is 1. The molecule has 1 N–H and O–H groups in total. The van der Waals surface area contributed by atoms with Gasteiger partial charge in [0.1, 0.15) is 11.1 Å². The highest BCUT2D eigenvalue weighted by Crippen LogP contribution is 2.37. The lowest BCUT2D eigenvalue weighted by Gasteiger charge is -2.33. The monoisotopic (exact) mass is 341 g/mol. The molecule has 0 saturated carbocycles. The molecule has 0 aliphatic carbocycles. The topological polar surface area (TPSA) is 54.5 Å². The van der Waals surface area contributed by atoms with Crippen LogP contribution in [0.1, 0.15) is 36.6 Å². The third kappa shape index (κ3) is 3.75. The maximum Gasteiger partial charge on any atom is 0.317 e. The number of hydrogen-bond donors (Lipinski definition) is 1. The van der Waals surface area contributed by atoms with Crippen molar-refractivity contribution >= 4 is 29.1 Å². The fourth-order valence-electron chi connectivity index (χ4n) is 2.85. The molecule has 0 unspecified atom stereocenters. The summed E-state index contributed by atoms with van der Waals surface area (Å²) in [6.45, 7) is 6.77. The Labute approximate surface area is 139 Å². The highest BCUT2D eigenvalue weighted by atomic mass is 32.2. The van der Waals surface area contributed by atoms with Gasteiger partial charge in [0.25, 0.3) is 0 Å². The van der Waals surface area contributed by atoms with E-state index in [2.05, 4.69) is 17.2 Å². The van der Waals surface area contributed by atoms with E-state index in [1.807, 2.05) is 29.0 Å². The lowest BCUT2D eigenvalue weighted by Crippen LogP contribution is -2.49. The Kier molecular flexibility index (Phi) is 4.94. The summed E-state index contributed by atoms with van der Waals surface area (Å²) < 4.78 is 5.98. The van der Waals surface area contributed by atoms with Crippen LogP contribution in [-0.2, 0) is 4.74 Å². The Hall–Kier alpha value is -0.790. The first kappa shape index (κ1) is 16.1. The molecule has 5 nitrogen and oxygen atoms in total. The molecule has 2 fully saturated rings. The molecule has 2 saturated heterocycles. The van der Waals surface area contributed by atoms with Gasteiger partial charge in [0.05, 0.1) is 13.2 Å². The van der Waals surface area contributed by atoms with Gasteiger partial charge in [0.15, 0.2) is 0 Å². The van der Waals surface area contributed by atoms with Gasteiger partial charge < -0.3 is 15.0 Å². The van der Waals surface area contributed by atoms with Crippen molar-refractivity contribution in [3.05, 3.63) is 16.1 Å². The van der Waals surface area contributed by atoms with Crippen molar-refractivity contribution in [3.63, 3.8) is 0 Å². The van der Waals surface area contributed by atoms with Crippen LogP contribution in [0.2, 0.25) is 0 Å². The van der Waals surface area contributed by atoms with Gasteiger partial charge in [0, 0.05) is 28.9 Å². The molecule has 122 valence electrons. The van der Waals surface area contributed by atoms with Gasteiger partial charge in [0.2, 0.25) is 0 Å². The molecule has 0 radical (unpaired) electrons. The van der Waals surface area contributed by atoms with Gasteiger partial charge in [-0.1, -0.05) is 0 Å². The largest absolute Gasteiger partial charge is 0.367 e. The zero-order valence-electron chi connectivity index (χ0n) is 13.1. The normalized spacial score (nSPS) is 28.8. The number of aromatic nitrogens is 1. The van der Waals surface area contributed by atoms with E-state index in [0.717, 1.165) is 17.2 Å². The predicted molar refractivity (Wildman–Crippen MR) is 90.6 cm³/mol. The number of morpholine rings is 1. The number of aryl methyl sites for hydroxylation is 1. The van der Waals surface area contributed by atoms with Crippen molar-refractivity contribution in [2.45, 2.75) is 37.5 Å². The number of thioether (sulfide) groups is 1. The average Bonchev–Trinajstić information content (AvgIpc) is 3.14. The Morgan fingerprint density at radius 2 is 2.50 bits per heavy atom. The van der Waals surface area contributed by atoms with Crippen molar-refractivity contribution in [3.8, 4) is 0 Å².